The van der Waals surface area contributed by atoms with Crippen LogP contribution in [0.25, 0.3) is 0 Å². The number of anilines is 1. The molecule has 0 saturated carbocycles. The fourth-order valence-electron chi connectivity index (χ4n) is 1.32. The average Bonchev–Trinajstić information content (AvgIpc) is 2.39. The predicted molar refractivity (Wildman–Crippen MR) is 80.8 cm³/mol. The highest BCUT2D eigenvalue weighted by molar-refractivity contribution is 7.99. The van der Waals surface area contributed by atoms with Crippen molar-refractivity contribution in [2.75, 3.05) is 23.4 Å². The normalized spacial score (nSPS) is 12.0. The third-order valence-corrected chi connectivity index (χ3v) is 3.06. The van der Waals surface area contributed by atoms with E-state index >= 15 is 0 Å². The minimum atomic E-state index is -4.70. The number of ether oxygens (including phenoxy) is 1. The molecule has 21 heavy (non-hydrogen) atoms. The van der Waals surface area contributed by atoms with Gasteiger partial charge in [0, 0.05) is 17.2 Å². The Morgan fingerprint density at radius 2 is 2.05 bits per heavy atom. The van der Waals surface area contributed by atoms with E-state index in [4.69, 9.17) is 5.73 Å². The van der Waals surface area contributed by atoms with Gasteiger partial charge in [0.05, 0.1) is 6.54 Å². The van der Waals surface area contributed by atoms with Crippen molar-refractivity contribution in [2.45, 2.75) is 6.36 Å². The van der Waals surface area contributed by atoms with E-state index in [0.29, 0.717) is 12.2 Å². The van der Waals surface area contributed by atoms with Crippen molar-refractivity contribution in [2.24, 2.45) is 10.7 Å². The number of guanidine groups is 1. The van der Waals surface area contributed by atoms with Gasteiger partial charge in [-0.1, -0.05) is 6.08 Å². The number of hydrogen-bond acceptors (Lipinski definition) is 3. The molecule has 0 bridgehead atoms. The van der Waals surface area contributed by atoms with Crippen LogP contribution in [0.15, 0.2) is 41.9 Å². The van der Waals surface area contributed by atoms with Crippen LogP contribution in [0.4, 0.5) is 18.9 Å². The van der Waals surface area contributed by atoms with E-state index in [1.165, 1.54) is 24.3 Å². The predicted octanol–water partition coefficient (Wildman–Crippen LogP) is 3.23. The van der Waals surface area contributed by atoms with Gasteiger partial charge in [-0.05, 0) is 24.3 Å². The molecular weight excluding hydrogens is 303 g/mol. The summed E-state index contributed by atoms with van der Waals surface area (Å²) >= 11 is 1.68. The van der Waals surface area contributed by atoms with Crippen molar-refractivity contribution in [3.63, 3.8) is 0 Å². The molecule has 3 N–H and O–H groups in total. The van der Waals surface area contributed by atoms with Gasteiger partial charge in [-0.3, -0.25) is 4.99 Å². The second kappa shape index (κ2) is 8.46. The van der Waals surface area contributed by atoms with Crippen molar-refractivity contribution >= 4 is 23.4 Å². The number of nitrogens with two attached hydrogens (primary N) is 1. The third kappa shape index (κ3) is 8.13. The van der Waals surface area contributed by atoms with Gasteiger partial charge in [-0.25, -0.2) is 0 Å². The van der Waals surface area contributed by atoms with Crippen molar-refractivity contribution in [3.05, 3.63) is 36.9 Å². The van der Waals surface area contributed by atoms with E-state index in [1.54, 1.807) is 17.8 Å². The fourth-order valence-corrected chi connectivity index (χ4v) is 1.88. The van der Waals surface area contributed by atoms with Gasteiger partial charge >= 0.3 is 6.36 Å². The Balaban J connectivity index is 2.44. The Kier molecular flexibility index (Phi) is 6.93. The van der Waals surface area contributed by atoms with E-state index in [-0.39, 0.29) is 11.7 Å². The maximum Gasteiger partial charge on any atom is 0.573 e. The molecule has 0 aliphatic carbocycles. The van der Waals surface area contributed by atoms with Crippen molar-refractivity contribution < 1.29 is 17.9 Å². The van der Waals surface area contributed by atoms with E-state index in [1.807, 2.05) is 0 Å². The number of rotatable bonds is 7. The first-order chi connectivity index (χ1) is 9.90. The molecule has 0 unspecified atom stereocenters. The summed E-state index contributed by atoms with van der Waals surface area (Å²) in [7, 11) is 0. The van der Waals surface area contributed by atoms with E-state index in [0.717, 1.165) is 11.5 Å². The molecule has 0 radical (unpaired) electrons. The van der Waals surface area contributed by atoms with Crippen LogP contribution in [-0.4, -0.2) is 30.4 Å². The zero-order valence-electron chi connectivity index (χ0n) is 11.2. The van der Waals surface area contributed by atoms with Gasteiger partial charge in [0.1, 0.15) is 5.75 Å². The van der Waals surface area contributed by atoms with E-state index < -0.39 is 6.36 Å². The van der Waals surface area contributed by atoms with Gasteiger partial charge in [0.25, 0.3) is 0 Å². The molecule has 0 fully saturated rings. The summed E-state index contributed by atoms with van der Waals surface area (Å²) in [4.78, 5) is 4.09. The molecule has 0 heterocycles. The fraction of sp³-hybridized carbons (Fsp3) is 0.308. The number of nitrogens with zero attached hydrogens (tertiary/aromatic N) is 1. The third-order valence-electron chi connectivity index (χ3n) is 2.11. The number of thioether (sulfide) groups is 1. The average molecular weight is 319 g/mol. The molecule has 0 spiro atoms. The van der Waals surface area contributed by atoms with Crippen LogP contribution in [0.3, 0.4) is 0 Å². The summed E-state index contributed by atoms with van der Waals surface area (Å²) in [5, 5.41) is 2.78. The van der Waals surface area contributed by atoms with Gasteiger partial charge in [0.15, 0.2) is 5.96 Å². The van der Waals surface area contributed by atoms with Crippen LogP contribution in [0, 0.1) is 0 Å². The minimum Gasteiger partial charge on any atom is -0.406 e. The Morgan fingerprint density at radius 3 is 2.62 bits per heavy atom. The van der Waals surface area contributed by atoms with Crippen LogP contribution in [0.2, 0.25) is 0 Å². The summed E-state index contributed by atoms with van der Waals surface area (Å²) < 4.78 is 39.7. The Morgan fingerprint density at radius 1 is 1.38 bits per heavy atom. The molecule has 0 aromatic heterocycles. The Bertz CT molecular complexity index is 475. The maximum absolute atomic E-state index is 12.0. The van der Waals surface area contributed by atoms with Gasteiger partial charge in [0.2, 0.25) is 0 Å². The Labute approximate surface area is 125 Å². The van der Waals surface area contributed by atoms with Gasteiger partial charge in [-0.2, -0.15) is 11.8 Å². The second-order valence-corrected chi connectivity index (χ2v) is 4.98. The van der Waals surface area contributed by atoms with Crippen molar-refractivity contribution in [1.29, 1.82) is 0 Å². The molecule has 1 aromatic rings. The first-order valence-corrected chi connectivity index (χ1v) is 7.17. The standard InChI is InChI=1S/C13H16F3N3OS/c1-2-8-21-9-7-18-12(17)19-10-3-5-11(6-4-10)20-13(14,15)16/h2-6H,1,7-9H2,(H3,17,18,19). The highest BCUT2D eigenvalue weighted by Crippen LogP contribution is 2.23. The Hall–Kier alpha value is -1.83. The molecule has 1 rings (SSSR count). The number of hydrogen-bond donors (Lipinski definition) is 2. The molecule has 4 nitrogen and oxygen atoms in total. The molecule has 116 valence electrons. The maximum atomic E-state index is 12.0. The van der Waals surface area contributed by atoms with Crippen molar-refractivity contribution in [3.8, 4) is 5.75 Å². The monoisotopic (exact) mass is 319 g/mol. The van der Waals surface area contributed by atoms with Crippen LogP contribution in [0.1, 0.15) is 0 Å². The topological polar surface area (TPSA) is 59.6 Å². The lowest BCUT2D eigenvalue weighted by Crippen LogP contribution is -2.23. The molecule has 0 aliphatic heterocycles. The SMILES string of the molecule is C=CCSCCN=C(N)Nc1ccc(OC(F)(F)F)cc1. The molecule has 0 saturated heterocycles. The molecular formula is C13H16F3N3OS. The van der Waals surface area contributed by atoms with Crippen LogP contribution in [-0.2, 0) is 0 Å². The number of benzene rings is 1. The number of nitrogens with one attached hydrogen (secondary N) is 1. The van der Waals surface area contributed by atoms with Crippen LogP contribution >= 0.6 is 11.8 Å². The van der Waals surface area contributed by atoms with Gasteiger partial charge in [-0.15, -0.1) is 19.8 Å². The summed E-state index contributed by atoms with van der Waals surface area (Å²) in [6.45, 7) is 4.15. The van der Waals surface area contributed by atoms with E-state index in [9.17, 15) is 13.2 Å². The lowest BCUT2D eigenvalue weighted by Gasteiger charge is -2.10. The van der Waals surface area contributed by atoms with E-state index in [2.05, 4.69) is 21.6 Å². The minimum absolute atomic E-state index is 0.207. The van der Waals surface area contributed by atoms with Crippen LogP contribution in [0.5, 0.6) is 5.75 Å². The highest BCUT2D eigenvalue weighted by atomic mass is 32.2. The van der Waals surface area contributed by atoms with Gasteiger partial charge < -0.3 is 15.8 Å². The smallest absolute Gasteiger partial charge is 0.406 e. The zero-order valence-corrected chi connectivity index (χ0v) is 12.0. The quantitative estimate of drug-likeness (QED) is 0.351. The molecule has 0 atom stereocenters. The largest absolute Gasteiger partial charge is 0.573 e. The summed E-state index contributed by atoms with van der Waals surface area (Å²) in [6.07, 6.45) is -2.89. The summed E-state index contributed by atoms with van der Waals surface area (Å²) in [5.41, 5.74) is 6.19. The lowest BCUT2D eigenvalue weighted by atomic mass is 10.3. The summed E-state index contributed by atoms with van der Waals surface area (Å²) in [5.74, 6) is 1.58. The first-order valence-electron chi connectivity index (χ1n) is 6.02. The van der Waals surface area contributed by atoms with Crippen LogP contribution < -0.4 is 15.8 Å². The number of aliphatic imine (C=N–C) groups is 1. The molecule has 0 aliphatic rings. The molecule has 1 aromatic carbocycles. The molecule has 0 amide bonds. The number of alkyl halides is 3. The first kappa shape index (κ1) is 17.2. The number of halogens is 3. The zero-order chi connectivity index (χ0) is 15.7. The molecule has 8 heteroatoms. The second-order valence-electron chi connectivity index (χ2n) is 3.83. The highest BCUT2D eigenvalue weighted by Gasteiger charge is 2.30. The lowest BCUT2D eigenvalue weighted by molar-refractivity contribution is -0.274. The van der Waals surface area contributed by atoms with Crippen molar-refractivity contribution in [1.82, 2.24) is 0 Å². The summed E-state index contributed by atoms with van der Waals surface area (Å²) in [6, 6.07) is 5.25.